The lowest BCUT2D eigenvalue weighted by Crippen LogP contribution is -2.43. The average molecular weight is 326 g/mol. The zero-order valence-corrected chi connectivity index (χ0v) is 12.4. The molecule has 0 fully saturated rings. The maximum atomic E-state index is 12.1. The summed E-state index contributed by atoms with van der Waals surface area (Å²) in [7, 11) is 1.32. The van der Waals surface area contributed by atoms with E-state index in [9.17, 15) is 14.4 Å². The first kappa shape index (κ1) is 17.6. The van der Waals surface area contributed by atoms with Gasteiger partial charge in [-0.05, 0) is 6.42 Å². The molecule has 9 nitrogen and oxygen atoms in total. The smallest absolute Gasteiger partial charge is 0.326 e. The first-order valence-corrected chi connectivity index (χ1v) is 7.02. The van der Waals surface area contributed by atoms with Gasteiger partial charge in [0, 0.05) is 19.7 Å². The molecule has 1 aromatic heterocycles. The zero-order valence-electron chi connectivity index (χ0n) is 11.6. The van der Waals surface area contributed by atoms with Crippen molar-refractivity contribution in [2.75, 3.05) is 7.11 Å². The minimum absolute atomic E-state index is 0.134. The van der Waals surface area contributed by atoms with Gasteiger partial charge in [0.1, 0.15) is 6.04 Å². The summed E-state index contributed by atoms with van der Waals surface area (Å²) in [6.45, 7) is 0. The molecule has 22 heavy (non-hydrogen) atoms. The molecule has 0 unspecified atom stereocenters. The molecule has 1 amide bonds. The fraction of sp³-hybridized carbons (Fsp3) is 0.417. The molecule has 0 aliphatic heterocycles. The number of methoxy groups -OCH3 is 1. The molecule has 0 saturated carbocycles. The van der Waals surface area contributed by atoms with Crippen LogP contribution < -0.4 is 5.32 Å². The maximum absolute atomic E-state index is 12.1. The largest absolute Gasteiger partial charge is 0.480 e. The van der Waals surface area contributed by atoms with Crippen LogP contribution in [0.3, 0.4) is 0 Å². The van der Waals surface area contributed by atoms with Crippen LogP contribution in [0.4, 0.5) is 0 Å². The van der Waals surface area contributed by atoms with Crippen LogP contribution in [0.15, 0.2) is 11.7 Å². The van der Waals surface area contributed by atoms with Gasteiger partial charge in [-0.15, -0.1) is 11.3 Å². The van der Waals surface area contributed by atoms with Crippen molar-refractivity contribution in [1.29, 1.82) is 0 Å². The van der Waals surface area contributed by atoms with E-state index in [1.807, 2.05) is 0 Å². The lowest BCUT2D eigenvalue weighted by Gasteiger charge is -2.18. The summed E-state index contributed by atoms with van der Waals surface area (Å²) in [5, 5.41) is 11.4. The predicted molar refractivity (Wildman–Crippen MR) is 75.4 cm³/mol. The molecule has 0 bridgehead atoms. The van der Waals surface area contributed by atoms with Crippen molar-refractivity contribution in [3.63, 3.8) is 0 Å². The number of Topliss-reactive ketones (excluding diaryl/α,β-unsaturated/α-hetero) is 1. The highest BCUT2D eigenvalue weighted by atomic mass is 32.1. The number of nitrogens with zero attached hydrogens (tertiary/aromatic N) is 3. The Morgan fingerprint density at radius 2 is 2.32 bits per heavy atom. The highest BCUT2D eigenvalue weighted by Crippen LogP contribution is 2.20. The number of amides is 1. The topological polar surface area (TPSA) is 142 Å². The Labute approximate surface area is 129 Å². The number of thiazole rings is 1. The van der Waals surface area contributed by atoms with Crippen molar-refractivity contribution in [1.82, 2.24) is 10.3 Å². The number of aliphatic carboxylic acids is 1. The summed E-state index contributed by atoms with van der Waals surface area (Å²) < 4.78 is 5.05. The summed E-state index contributed by atoms with van der Waals surface area (Å²) in [6.07, 6.45) is 0.847. The molecule has 118 valence electrons. The fourth-order valence-electron chi connectivity index (χ4n) is 1.63. The average Bonchev–Trinajstić information content (AvgIpc) is 2.98. The number of ketones is 1. The fourth-order valence-corrected chi connectivity index (χ4v) is 2.32. The standard InChI is InChI=1S/C12H14N4O5S/c1-21-10(9-5-14-6-22-9)11(18)16-8(12(19)20)3-2-7(17)4-15-13/h4-6,8,10H,2-3H2,1H3,(H,16,18)(H,19,20)/t8-,10-/m0/s1. The van der Waals surface area contributed by atoms with Gasteiger partial charge in [-0.1, -0.05) is 0 Å². The number of hydrogen-bond donors (Lipinski definition) is 2. The zero-order chi connectivity index (χ0) is 16.5. The lowest BCUT2D eigenvalue weighted by molar-refractivity contribution is -0.144. The second kappa shape index (κ2) is 8.78. The van der Waals surface area contributed by atoms with E-state index in [0.29, 0.717) is 11.1 Å². The maximum Gasteiger partial charge on any atom is 0.326 e. The van der Waals surface area contributed by atoms with Gasteiger partial charge in [0.05, 0.1) is 10.4 Å². The van der Waals surface area contributed by atoms with Gasteiger partial charge >= 0.3 is 12.2 Å². The lowest BCUT2D eigenvalue weighted by atomic mass is 10.1. The third-order valence-corrected chi connectivity index (χ3v) is 3.50. The van der Waals surface area contributed by atoms with Crippen molar-refractivity contribution in [2.24, 2.45) is 0 Å². The van der Waals surface area contributed by atoms with Gasteiger partial charge < -0.3 is 20.7 Å². The molecule has 2 N–H and O–H groups in total. The summed E-state index contributed by atoms with van der Waals surface area (Å²) in [6, 6.07) is -1.26. The Morgan fingerprint density at radius 1 is 1.59 bits per heavy atom. The Kier molecular flexibility index (Phi) is 7.03. The van der Waals surface area contributed by atoms with Crippen LogP contribution >= 0.6 is 11.3 Å². The van der Waals surface area contributed by atoms with Crippen molar-refractivity contribution in [3.05, 3.63) is 22.1 Å². The van der Waals surface area contributed by atoms with Gasteiger partial charge in [-0.3, -0.25) is 14.6 Å². The molecule has 1 aromatic rings. The molecule has 0 radical (unpaired) electrons. The van der Waals surface area contributed by atoms with Crippen LogP contribution in [0, 0.1) is 0 Å². The third kappa shape index (κ3) is 5.17. The molecule has 1 rings (SSSR count). The predicted octanol–water partition coefficient (Wildman–Crippen LogP) is 0.0499. The minimum Gasteiger partial charge on any atom is -0.480 e. The van der Waals surface area contributed by atoms with E-state index in [2.05, 4.69) is 15.1 Å². The molecule has 2 atom stereocenters. The minimum atomic E-state index is -1.28. The van der Waals surface area contributed by atoms with Crippen molar-refractivity contribution in [2.45, 2.75) is 25.0 Å². The number of carboxylic acid groups (broad SMARTS) is 1. The number of ether oxygens (including phenoxy) is 1. The Hall–Kier alpha value is -2.42. The van der Waals surface area contributed by atoms with E-state index < -0.39 is 29.8 Å². The van der Waals surface area contributed by atoms with Gasteiger partial charge in [-0.25, -0.2) is 4.79 Å². The molecule has 0 spiro atoms. The molecule has 10 heteroatoms. The highest BCUT2D eigenvalue weighted by molar-refractivity contribution is 7.09. The van der Waals surface area contributed by atoms with Crippen molar-refractivity contribution < 1.29 is 29.0 Å². The van der Waals surface area contributed by atoms with E-state index >= 15 is 0 Å². The van der Waals surface area contributed by atoms with E-state index in [0.717, 1.165) is 0 Å². The summed E-state index contributed by atoms with van der Waals surface area (Å²) in [5.74, 6) is -2.46. The number of aromatic nitrogens is 1. The number of nitrogens with one attached hydrogen (secondary N) is 1. The number of carboxylic acids is 1. The highest BCUT2D eigenvalue weighted by Gasteiger charge is 2.27. The van der Waals surface area contributed by atoms with Crippen LogP contribution in [-0.4, -0.2) is 51.9 Å². The molecule has 0 aromatic carbocycles. The van der Waals surface area contributed by atoms with Crippen molar-refractivity contribution >= 4 is 35.2 Å². The molecule has 0 aliphatic rings. The van der Waals surface area contributed by atoms with E-state index in [1.54, 1.807) is 0 Å². The third-order valence-electron chi connectivity index (χ3n) is 2.68. The van der Waals surface area contributed by atoms with Gasteiger partial charge in [0.2, 0.25) is 5.78 Å². The molecule has 1 heterocycles. The monoisotopic (exact) mass is 326 g/mol. The summed E-state index contributed by atoms with van der Waals surface area (Å²) in [4.78, 5) is 41.3. The second-order valence-electron chi connectivity index (χ2n) is 4.17. The summed E-state index contributed by atoms with van der Waals surface area (Å²) in [5.41, 5.74) is 9.73. The van der Waals surface area contributed by atoms with Gasteiger partial charge in [0.25, 0.3) is 5.91 Å². The molecule has 0 saturated heterocycles. The number of hydrogen-bond acceptors (Lipinski definition) is 6. The SMILES string of the molecule is CO[C@H](C(=O)N[C@@H](CCC(=O)C=[N+]=[N-])C(=O)O)c1cncs1. The van der Waals surface area contributed by atoms with Gasteiger partial charge in [-0.2, -0.15) is 4.79 Å². The van der Waals surface area contributed by atoms with Crippen molar-refractivity contribution in [3.8, 4) is 0 Å². The Morgan fingerprint density at radius 3 is 2.82 bits per heavy atom. The number of carbonyl (C=O) groups excluding carboxylic acids is 2. The normalized spacial score (nSPS) is 12.8. The quantitative estimate of drug-likeness (QED) is 0.373. The first-order valence-electron chi connectivity index (χ1n) is 6.14. The first-order chi connectivity index (χ1) is 10.5. The van der Waals surface area contributed by atoms with Crippen LogP contribution in [0.25, 0.3) is 5.53 Å². The molecule has 0 aliphatic carbocycles. The van der Waals surface area contributed by atoms with E-state index in [-0.39, 0.29) is 12.8 Å². The van der Waals surface area contributed by atoms with Crippen LogP contribution in [0.2, 0.25) is 0 Å². The van der Waals surface area contributed by atoms with Gasteiger partial charge in [0.15, 0.2) is 6.10 Å². The number of carbonyl (C=O) groups is 3. The van der Waals surface area contributed by atoms with Crippen LogP contribution in [0.1, 0.15) is 23.8 Å². The Bertz CT molecular complexity index is 582. The molecular formula is C12H14N4O5S. The Balaban J connectivity index is 2.69. The van der Waals surface area contributed by atoms with Crippen LogP contribution in [-0.2, 0) is 19.1 Å². The second-order valence-corrected chi connectivity index (χ2v) is 5.09. The van der Waals surface area contributed by atoms with E-state index in [1.165, 1.54) is 30.2 Å². The van der Waals surface area contributed by atoms with E-state index in [4.69, 9.17) is 15.4 Å². The number of rotatable bonds is 9. The summed E-state index contributed by atoms with van der Waals surface area (Å²) >= 11 is 1.20. The van der Waals surface area contributed by atoms with Crippen LogP contribution in [0.5, 0.6) is 0 Å². The molecular weight excluding hydrogens is 312 g/mol.